The first-order chi connectivity index (χ1) is 11.5. The Labute approximate surface area is 152 Å². The Morgan fingerprint density at radius 3 is 1.54 bits per heavy atom. The summed E-state index contributed by atoms with van der Waals surface area (Å²) in [5.41, 5.74) is 1.35. The van der Waals surface area contributed by atoms with Crippen LogP contribution in [0.15, 0.2) is 24.3 Å². The van der Waals surface area contributed by atoms with Crippen molar-refractivity contribution in [2.75, 3.05) is 6.61 Å². The molecule has 0 aliphatic heterocycles. The molecule has 0 bridgehead atoms. The first-order valence-corrected chi connectivity index (χ1v) is 15.0. The molecule has 1 rings (SSSR count). The van der Waals surface area contributed by atoms with Crippen molar-refractivity contribution in [3.8, 4) is 5.75 Å². The lowest BCUT2D eigenvalue weighted by molar-refractivity contribution is 0.303. The van der Waals surface area contributed by atoms with E-state index in [2.05, 4.69) is 65.8 Å². The van der Waals surface area contributed by atoms with E-state index in [1.807, 2.05) is 0 Å². The lowest BCUT2D eigenvalue weighted by Gasteiger charge is -2.29. The van der Waals surface area contributed by atoms with Crippen molar-refractivity contribution < 1.29 is 8.85 Å². The third-order valence-corrected chi connectivity index (χ3v) is 15.1. The summed E-state index contributed by atoms with van der Waals surface area (Å²) in [6.07, 6.45) is 1.01. The van der Waals surface area contributed by atoms with Crippen LogP contribution in [0.25, 0.3) is 0 Å². The summed E-state index contributed by atoms with van der Waals surface area (Å²) in [5, 5.41) is 0. The van der Waals surface area contributed by atoms with Crippen molar-refractivity contribution in [1.82, 2.24) is 0 Å². The summed E-state index contributed by atoms with van der Waals surface area (Å²) in [5.74, 6) is 1.05. The van der Waals surface area contributed by atoms with Crippen LogP contribution in [0.1, 0.15) is 47.1 Å². The van der Waals surface area contributed by atoms with Gasteiger partial charge < -0.3 is 8.85 Å². The molecule has 1 aromatic carbocycles. The number of benzene rings is 1. The Balaban J connectivity index is 2.59. The molecular formula is C20H38O2Si2. The fourth-order valence-corrected chi connectivity index (χ4v) is 8.60. The molecule has 4 heteroatoms. The third-order valence-electron chi connectivity index (χ3n) is 5.92. The van der Waals surface area contributed by atoms with Crippen molar-refractivity contribution in [3.63, 3.8) is 0 Å². The maximum atomic E-state index is 6.43. The fraction of sp³-hybridized carbons (Fsp3) is 0.700. The molecule has 138 valence electrons. The van der Waals surface area contributed by atoms with Gasteiger partial charge in [-0.25, -0.2) is 0 Å². The lowest BCUT2D eigenvalue weighted by atomic mass is 10.2. The molecule has 0 saturated carbocycles. The Morgan fingerprint density at radius 1 is 0.667 bits per heavy atom. The minimum atomic E-state index is -1.56. The molecule has 0 amide bonds. The molecule has 24 heavy (non-hydrogen) atoms. The highest BCUT2D eigenvalue weighted by Crippen LogP contribution is 2.26. The normalized spacial score (nSPS) is 12.4. The van der Waals surface area contributed by atoms with Crippen LogP contribution in [0.3, 0.4) is 0 Å². The van der Waals surface area contributed by atoms with E-state index in [0.717, 1.165) is 18.8 Å². The van der Waals surface area contributed by atoms with Crippen LogP contribution in [-0.2, 0) is 10.8 Å². The topological polar surface area (TPSA) is 18.5 Å². The van der Waals surface area contributed by atoms with E-state index in [0.29, 0.717) is 0 Å². The summed E-state index contributed by atoms with van der Waals surface area (Å²) in [6.45, 7) is 14.5. The van der Waals surface area contributed by atoms with Crippen molar-refractivity contribution in [2.45, 2.75) is 84.2 Å². The van der Waals surface area contributed by atoms with Crippen LogP contribution in [-0.4, -0.2) is 23.2 Å². The number of hydrogen-bond donors (Lipinski definition) is 0. The van der Waals surface area contributed by atoms with Gasteiger partial charge in [0.05, 0.1) is 0 Å². The van der Waals surface area contributed by atoms with Crippen LogP contribution in [0, 0.1) is 0 Å². The molecule has 0 spiro atoms. The highest BCUT2D eigenvalue weighted by molar-refractivity contribution is 6.74. The highest BCUT2D eigenvalue weighted by Gasteiger charge is 2.30. The van der Waals surface area contributed by atoms with E-state index in [1.54, 1.807) is 0 Å². The highest BCUT2D eigenvalue weighted by atomic mass is 28.4. The summed E-state index contributed by atoms with van der Waals surface area (Å²) in [6, 6.07) is 16.0. The van der Waals surface area contributed by atoms with Crippen LogP contribution >= 0.6 is 0 Å². The second kappa shape index (κ2) is 10.4. The average Bonchev–Trinajstić information content (AvgIpc) is 2.65. The zero-order chi connectivity index (χ0) is 18.1. The van der Waals surface area contributed by atoms with Gasteiger partial charge in [-0.05, 0) is 60.4 Å². The largest absolute Gasteiger partial charge is 0.544 e. The van der Waals surface area contributed by atoms with Gasteiger partial charge in [-0.3, -0.25) is 0 Å². The monoisotopic (exact) mass is 366 g/mol. The molecule has 0 atom stereocenters. The Kier molecular flexibility index (Phi) is 9.31. The predicted molar refractivity (Wildman–Crippen MR) is 111 cm³/mol. The fourth-order valence-electron chi connectivity index (χ4n) is 3.38. The van der Waals surface area contributed by atoms with Gasteiger partial charge in [0.2, 0.25) is 8.32 Å². The standard InChI is InChI=1S/C20H38O2Si2/c1-7-23(8-2,9-3)21-18-17-19-13-15-20(16-14-19)22-24(10-4,11-5)12-6/h13-16H,7-12,17-18H2,1-6H3. The SMILES string of the molecule is CC[Si](CC)(CC)OCCc1ccc(O[Si](CC)(CC)CC)cc1. The van der Waals surface area contributed by atoms with Crippen molar-refractivity contribution in [2.24, 2.45) is 0 Å². The first-order valence-electron chi connectivity index (χ1n) is 9.94. The molecule has 0 N–H and O–H groups in total. The summed E-state index contributed by atoms with van der Waals surface area (Å²) in [4.78, 5) is 0. The van der Waals surface area contributed by atoms with Gasteiger partial charge in [-0.2, -0.15) is 0 Å². The molecule has 0 unspecified atom stereocenters. The van der Waals surface area contributed by atoms with Crippen molar-refractivity contribution in [3.05, 3.63) is 29.8 Å². The molecule has 0 heterocycles. The second-order valence-corrected chi connectivity index (χ2v) is 16.3. The smallest absolute Gasteiger partial charge is 0.250 e. The van der Waals surface area contributed by atoms with Gasteiger partial charge in [-0.1, -0.05) is 53.7 Å². The molecular weight excluding hydrogens is 328 g/mol. The van der Waals surface area contributed by atoms with E-state index in [4.69, 9.17) is 8.85 Å². The maximum Gasteiger partial charge on any atom is 0.250 e. The van der Waals surface area contributed by atoms with Gasteiger partial charge in [-0.15, -0.1) is 0 Å². The third kappa shape index (κ3) is 5.74. The van der Waals surface area contributed by atoms with E-state index >= 15 is 0 Å². The Bertz CT molecular complexity index is 435. The van der Waals surface area contributed by atoms with E-state index in [-0.39, 0.29) is 0 Å². The number of rotatable bonds is 12. The van der Waals surface area contributed by atoms with E-state index in [9.17, 15) is 0 Å². The van der Waals surface area contributed by atoms with Gasteiger partial charge in [0, 0.05) is 6.61 Å². The zero-order valence-electron chi connectivity index (χ0n) is 16.8. The summed E-state index contributed by atoms with van der Waals surface area (Å²) in [7, 11) is -3.01. The van der Waals surface area contributed by atoms with E-state index < -0.39 is 16.6 Å². The maximum absolute atomic E-state index is 6.43. The average molecular weight is 367 g/mol. The quantitative estimate of drug-likeness (QED) is 0.386. The second-order valence-electron chi connectivity index (χ2n) is 6.83. The van der Waals surface area contributed by atoms with Crippen LogP contribution in [0.4, 0.5) is 0 Å². The number of hydrogen-bond acceptors (Lipinski definition) is 2. The summed E-state index contributed by atoms with van der Waals surface area (Å²) >= 11 is 0. The van der Waals surface area contributed by atoms with Crippen LogP contribution < -0.4 is 4.43 Å². The Morgan fingerprint density at radius 2 is 1.12 bits per heavy atom. The summed E-state index contributed by atoms with van der Waals surface area (Å²) < 4.78 is 12.8. The van der Waals surface area contributed by atoms with Crippen LogP contribution in [0.2, 0.25) is 36.3 Å². The van der Waals surface area contributed by atoms with Gasteiger partial charge in [0.1, 0.15) is 5.75 Å². The zero-order valence-corrected chi connectivity index (χ0v) is 18.8. The van der Waals surface area contributed by atoms with Gasteiger partial charge >= 0.3 is 0 Å². The molecule has 0 saturated heterocycles. The minimum Gasteiger partial charge on any atom is -0.544 e. The lowest BCUT2D eigenvalue weighted by Crippen LogP contribution is -2.39. The predicted octanol–water partition coefficient (Wildman–Crippen LogP) is 6.63. The van der Waals surface area contributed by atoms with Crippen molar-refractivity contribution in [1.29, 1.82) is 0 Å². The molecule has 0 aliphatic carbocycles. The molecule has 2 nitrogen and oxygen atoms in total. The molecule has 1 aromatic rings. The van der Waals surface area contributed by atoms with Crippen LogP contribution in [0.5, 0.6) is 5.75 Å². The molecule has 0 aliphatic rings. The van der Waals surface area contributed by atoms with E-state index in [1.165, 1.54) is 41.8 Å². The Hall–Kier alpha value is -0.586. The molecule has 0 aromatic heterocycles. The molecule has 0 radical (unpaired) electrons. The van der Waals surface area contributed by atoms with Gasteiger partial charge in [0.25, 0.3) is 0 Å². The molecule has 0 fully saturated rings. The van der Waals surface area contributed by atoms with Gasteiger partial charge in [0.15, 0.2) is 8.32 Å². The minimum absolute atomic E-state index is 0.861. The first kappa shape index (κ1) is 21.5. The van der Waals surface area contributed by atoms with Crippen molar-refractivity contribution >= 4 is 16.6 Å².